The fourth-order valence-electron chi connectivity index (χ4n) is 1.27. The van der Waals surface area contributed by atoms with Crippen molar-refractivity contribution >= 4 is 0 Å². The van der Waals surface area contributed by atoms with E-state index in [1.54, 1.807) is 0 Å². The molecule has 1 fully saturated rings. The van der Waals surface area contributed by atoms with E-state index in [9.17, 15) is 17.6 Å². The van der Waals surface area contributed by atoms with Gasteiger partial charge in [0.05, 0.1) is 0 Å². The molecule has 1 nitrogen and oxygen atoms in total. The number of rotatable bonds is 1. The van der Waals surface area contributed by atoms with Crippen LogP contribution in [0.3, 0.4) is 0 Å². The maximum absolute atomic E-state index is 12.0. The molecule has 70 valence electrons. The minimum absolute atomic E-state index is 0.301. The summed E-state index contributed by atoms with van der Waals surface area (Å²) < 4.78 is 47.9. The molecule has 0 amide bonds. The number of hydrogen-bond donors (Lipinski definition) is 0. The third kappa shape index (κ3) is 1.89. The fourth-order valence-corrected chi connectivity index (χ4v) is 1.27. The molecular formula is C7H9F4N. The summed E-state index contributed by atoms with van der Waals surface area (Å²) in [6.07, 6.45) is -3.51. The largest absolute Gasteiger partial charge is 0.433 e. The highest BCUT2D eigenvalue weighted by molar-refractivity contribution is 5.05. The standard InChI is InChI=1S/C7H9F4N/c8-5-6(7(9,10)11)12-3-1-2-4-12/h5H,1-4H2/b6-5-. The molecule has 0 aliphatic carbocycles. The highest BCUT2D eigenvalue weighted by Gasteiger charge is 2.38. The molecular weight excluding hydrogens is 174 g/mol. The van der Waals surface area contributed by atoms with Gasteiger partial charge in [0.25, 0.3) is 0 Å². The zero-order valence-corrected chi connectivity index (χ0v) is 6.36. The van der Waals surface area contributed by atoms with E-state index < -0.39 is 11.9 Å². The van der Waals surface area contributed by atoms with Crippen LogP contribution in [0, 0.1) is 0 Å². The zero-order valence-electron chi connectivity index (χ0n) is 6.36. The molecule has 0 bridgehead atoms. The summed E-state index contributed by atoms with van der Waals surface area (Å²) in [5, 5.41) is 0. The van der Waals surface area contributed by atoms with Crippen LogP contribution in [-0.4, -0.2) is 24.2 Å². The number of allylic oxidation sites excluding steroid dienone is 1. The normalized spacial score (nSPS) is 20.3. The molecule has 5 heteroatoms. The second-order valence-corrected chi connectivity index (χ2v) is 2.69. The van der Waals surface area contributed by atoms with Crippen LogP contribution in [0.15, 0.2) is 12.0 Å². The minimum atomic E-state index is -4.56. The van der Waals surface area contributed by atoms with Gasteiger partial charge < -0.3 is 4.90 Å². The fraction of sp³-hybridized carbons (Fsp3) is 0.714. The van der Waals surface area contributed by atoms with E-state index in [2.05, 4.69) is 0 Å². The van der Waals surface area contributed by atoms with Crippen molar-refractivity contribution in [1.82, 2.24) is 4.90 Å². The lowest BCUT2D eigenvalue weighted by Crippen LogP contribution is -2.29. The van der Waals surface area contributed by atoms with E-state index >= 15 is 0 Å². The van der Waals surface area contributed by atoms with Gasteiger partial charge in [0.2, 0.25) is 0 Å². The zero-order chi connectivity index (χ0) is 9.19. The van der Waals surface area contributed by atoms with Crippen LogP contribution in [0.1, 0.15) is 12.8 Å². The van der Waals surface area contributed by atoms with Gasteiger partial charge in [0.15, 0.2) is 0 Å². The summed E-state index contributed by atoms with van der Waals surface area (Å²) in [4.78, 5) is 1.03. The predicted octanol–water partition coefficient (Wildman–Crippen LogP) is 2.46. The van der Waals surface area contributed by atoms with Crippen molar-refractivity contribution < 1.29 is 17.6 Å². The first-order valence-electron chi connectivity index (χ1n) is 3.68. The number of hydrogen-bond acceptors (Lipinski definition) is 1. The number of halogens is 4. The Balaban J connectivity index is 2.69. The first-order chi connectivity index (χ1) is 5.55. The molecule has 1 heterocycles. The maximum Gasteiger partial charge on any atom is 0.433 e. The van der Waals surface area contributed by atoms with Gasteiger partial charge in [-0.15, -0.1) is 0 Å². The van der Waals surface area contributed by atoms with E-state index in [4.69, 9.17) is 0 Å². The van der Waals surface area contributed by atoms with Gasteiger partial charge in [-0.05, 0) is 12.8 Å². The van der Waals surface area contributed by atoms with E-state index in [1.165, 1.54) is 0 Å². The van der Waals surface area contributed by atoms with Gasteiger partial charge in [-0.25, -0.2) is 4.39 Å². The summed E-state index contributed by atoms with van der Waals surface area (Å²) in [5.41, 5.74) is -1.15. The summed E-state index contributed by atoms with van der Waals surface area (Å²) >= 11 is 0. The average Bonchev–Trinajstić information content (AvgIpc) is 2.38. The topological polar surface area (TPSA) is 3.24 Å². The van der Waals surface area contributed by atoms with Crippen LogP contribution in [0.4, 0.5) is 17.6 Å². The van der Waals surface area contributed by atoms with Crippen molar-refractivity contribution in [2.45, 2.75) is 19.0 Å². The molecule has 1 aliphatic heterocycles. The third-order valence-corrected chi connectivity index (χ3v) is 1.84. The van der Waals surface area contributed by atoms with E-state index in [0.29, 0.717) is 25.9 Å². The summed E-state index contributed by atoms with van der Waals surface area (Å²) in [5.74, 6) is 0. The molecule has 1 rings (SSSR count). The Morgan fingerprint density at radius 1 is 1.17 bits per heavy atom. The van der Waals surface area contributed by atoms with E-state index in [0.717, 1.165) is 4.90 Å². The molecule has 12 heavy (non-hydrogen) atoms. The van der Waals surface area contributed by atoms with Crippen LogP contribution in [0.2, 0.25) is 0 Å². The summed E-state index contributed by atoms with van der Waals surface area (Å²) in [6, 6.07) is 0. The number of nitrogens with zero attached hydrogens (tertiary/aromatic N) is 1. The quantitative estimate of drug-likeness (QED) is 0.564. The van der Waals surface area contributed by atoms with Gasteiger partial charge >= 0.3 is 6.18 Å². The van der Waals surface area contributed by atoms with Crippen molar-refractivity contribution in [2.24, 2.45) is 0 Å². The molecule has 0 atom stereocenters. The first kappa shape index (κ1) is 9.35. The molecule has 0 N–H and O–H groups in total. The van der Waals surface area contributed by atoms with Crippen molar-refractivity contribution in [3.63, 3.8) is 0 Å². The molecule has 0 aromatic heterocycles. The molecule has 1 saturated heterocycles. The monoisotopic (exact) mass is 183 g/mol. The van der Waals surface area contributed by atoms with Gasteiger partial charge in [-0.1, -0.05) is 0 Å². The summed E-state index contributed by atoms with van der Waals surface area (Å²) in [6.45, 7) is 0.602. The number of likely N-dealkylation sites (tertiary alicyclic amines) is 1. The molecule has 1 aliphatic rings. The van der Waals surface area contributed by atoms with Crippen LogP contribution >= 0.6 is 0 Å². The van der Waals surface area contributed by atoms with Crippen LogP contribution in [0.5, 0.6) is 0 Å². The van der Waals surface area contributed by atoms with Crippen LogP contribution in [-0.2, 0) is 0 Å². The Kier molecular flexibility index (Phi) is 2.59. The van der Waals surface area contributed by atoms with Crippen molar-refractivity contribution in [3.05, 3.63) is 12.0 Å². The highest BCUT2D eigenvalue weighted by Crippen LogP contribution is 2.30. The van der Waals surface area contributed by atoms with E-state index in [1.807, 2.05) is 0 Å². The Hall–Kier alpha value is -0.740. The third-order valence-electron chi connectivity index (χ3n) is 1.84. The lowest BCUT2D eigenvalue weighted by atomic mass is 10.4. The summed E-state index contributed by atoms with van der Waals surface area (Å²) in [7, 11) is 0. The van der Waals surface area contributed by atoms with Crippen molar-refractivity contribution in [2.75, 3.05) is 13.1 Å². The number of alkyl halides is 3. The molecule has 0 saturated carbocycles. The van der Waals surface area contributed by atoms with Crippen LogP contribution < -0.4 is 0 Å². The van der Waals surface area contributed by atoms with Gasteiger partial charge in [-0.3, -0.25) is 0 Å². The highest BCUT2D eigenvalue weighted by atomic mass is 19.4. The Morgan fingerprint density at radius 2 is 1.67 bits per heavy atom. The molecule has 0 spiro atoms. The van der Waals surface area contributed by atoms with Crippen molar-refractivity contribution in [3.8, 4) is 0 Å². The maximum atomic E-state index is 12.0. The molecule has 0 radical (unpaired) electrons. The SMILES string of the molecule is F/C=C(\N1CCCC1)C(F)(F)F. The first-order valence-corrected chi connectivity index (χ1v) is 3.68. The molecule has 0 aromatic carbocycles. The van der Waals surface area contributed by atoms with E-state index in [-0.39, 0.29) is 6.33 Å². The average molecular weight is 183 g/mol. The van der Waals surface area contributed by atoms with Gasteiger partial charge in [0, 0.05) is 13.1 Å². The smallest absolute Gasteiger partial charge is 0.366 e. The Labute approximate surface area is 67.7 Å². The lowest BCUT2D eigenvalue weighted by molar-refractivity contribution is -0.111. The van der Waals surface area contributed by atoms with Crippen LogP contribution in [0.25, 0.3) is 0 Å². The Bertz CT molecular complexity index is 178. The lowest BCUT2D eigenvalue weighted by Gasteiger charge is -2.21. The Morgan fingerprint density at radius 3 is 2.00 bits per heavy atom. The van der Waals surface area contributed by atoms with Crippen molar-refractivity contribution in [1.29, 1.82) is 0 Å². The second kappa shape index (κ2) is 3.33. The second-order valence-electron chi connectivity index (χ2n) is 2.69. The molecule has 0 unspecified atom stereocenters. The van der Waals surface area contributed by atoms with Gasteiger partial charge in [-0.2, -0.15) is 13.2 Å². The molecule has 0 aromatic rings. The van der Waals surface area contributed by atoms with Gasteiger partial charge in [0.1, 0.15) is 12.0 Å². The predicted molar refractivity (Wildman–Crippen MR) is 36.1 cm³/mol. The minimum Gasteiger partial charge on any atom is -0.366 e.